The van der Waals surface area contributed by atoms with Gasteiger partial charge in [0.15, 0.2) is 0 Å². The second-order valence-corrected chi connectivity index (χ2v) is 4.10. The van der Waals surface area contributed by atoms with Crippen LogP contribution in [-0.4, -0.2) is 13.0 Å². The zero-order valence-corrected chi connectivity index (χ0v) is 8.86. The average molecular weight is 232 g/mol. The molecule has 0 radical (unpaired) electrons. The van der Waals surface area contributed by atoms with Crippen molar-refractivity contribution in [3.63, 3.8) is 0 Å². The van der Waals surface area contributed by atoms with Gasteiger partial charge in [0.05, 0.1) is 0 Å². The van der Waals surface area contributed by atoms with Crippen molar-refractivity contribution in [2.24, 2.45) is 0 Å². The van der Waals surface area contributed by atoms with Crippen molar-refractivity contribution in [2.75, 3.05) is 11.5 Å². The Morgan fingerprint density at radius 3 is 2.53 bits per heavy atom. The van der Waals surface area contributed by atoms with Gasteiger partial charge in [-0.15, -0.1) is 0 Å². The molecule has 0 aliphatic rings. The molecule has 0 amide bonds. The highest BCUT2D eigenvalue weighted by molar-refractivity contribution is 7.80. The predicted octanol–water partition coefficient (Wildman–Crippen LogP) is 0.731. The first-order valence-electron chi connectivity index (χ1n) is 4.10. The molecule has 0 saturated carbocycles. The Balaban J connectivity index is 3.00. The van der Waals surface area contributed by atoms with Crippen LogP contribution < -0.4 is 11.5 Å². The summed E-state index contributed by atoms with van der Waals surface area (Å²) in [4.78, 5) is 0. The van der Waals surface area contributed by atoms with Gasteiger partial charge in [-0.2, -0.15) is 8.42 Å². The third-order valence-corrected chi connectivity index (χ3v) is 2.35. The number of anilines is 2. The maximum atomic E-state index is 10.5. The monoisotopic (exact) mass is 232 g/mol. The molecule has 15 heavy (non-hydrogen) atoms. The molecule has 1 aromatic rings. The van der Waals surface area contributed by atoms with E-state index in [1.807, 2.05) is 0 Å². The molecule has 0 aliphatic carbocycles. The van der Waals surface area contributed by atoms with Gasteiger partial charge >= 0.3 is 10.4 Å². The molecule has 0 aromatic heterocycles. The first-order chi connectivity index (χ1) is 6.79. The van der Waals surface area contributed by atoms with E-state index in [9.17, 15) is 8.42 Å². The molecule has 6 nitrogen and oxygen atoms in total. The molecule has 84 valence electrons. The van der Waals surface area contributed by atoms with E-state index in [1.165, 1.54) is 19.1 Å². The fourth-order valence-electron chi connectivity index (χ4n) is 1.18. The first kappa shape index (κ1) is 11.8. The van der Waals surface area contributed by atoms with E-state index >= 15 is 0 Å². The minimum Gasteiger partial charge on any atom is -0.399 e. The molecule has 0 heterocycles. The lowest BCUT2D eigenvalue weighted by Gasteiger charge is -2.13. The van der Waals surface area contributed by atoms with Crippen molar-refractivity contribution >= 4 is 21.8 Å². The summed E-state index contributed by atoms with van der Waals surface area (Å²) in [6.07, 6.45) is -0.886. The Morgan fingerprint density at radius 2 is 2.00 bits per heavy atom. The molecular weight excluding hydrogens is 220 g/mol. The van der Waals surface area contributed by atoms with Crippen LogP contribution in [0.4, 0.5) is 11.4 Å². The van der Waals surface area contributed by atoms with Crippen molar-refractivity contribution in [3.05, 3.63) is 23.8 Å². The summed E-state index contributed by atoms with van der Waals surface area (Å²) >= 11 is 0. The molecule has 5 N–H and O–H groups in total. The molecule has 1 unspecified atom stereocenters. The fourth-order valence-corrected chi connectivity index (χ4v) is 1.65. The van der Waals surface area contributed by atoms with E-state index < -0.39 is 16.5 Å². The number of benzene rings is 1. The summed E-state index contributed by atoms with van der Waals surface area (Å²) in [7, 11) is -4.50. The second kappa shape index (κ2) is 4.05. The van der Waals surface area contributed by atoms with Crippen LogP contribution in [0, 0.1) is 0 Å². The Labute approximate surface area is 87.8 Å². The van der Waals surface area contributed by atoms with E-state index in [2.05, 4.69) is 4.18 Å². The second-order valence-electron chi connectivity index (χ2n) is 3.05. The lowest BCUT2D eigenvalue weighted by molar-refractivity contribution is 0.201. The number of nitrogen functional groups attached to an aromatic ring is 2. The lowest BCUT2D eigenvalue weighted by Crippen LogP contribution is -2.10. The summed E-state index contributed by atoms with van der Waals surface area (Å²) < 4.78 is 33.8. The number of hydrogen-bond acceptors (Lipinski definition) is 5. The molecule has 0 fully saturated rings. The molecule has 1 aromatic carbocycles. The van der Waals surface area contributed by atoms with Crippen molar-refractivity contribution < 1.29 is 17.2 Å². The van der Waals surface area contributed by atoms with Crippen LogP contribution in [0.3, 0.4) is 0 Å². The van der Waals surface area contributed by atoms with Crippen LogP contribution in [0.5, 0.6) is 0 Å². The maximum Gasteiger partial charge on any atom is 0.397 e. The van der Waals surface area contributed by atoms with Crippen molar-refractivity contribution in [3.8, 4) is 0 Å². The van der Waals surface area contributed by atoms with Crippen LogP contribution in [-0.2, 0) is 14.6 Å². The third kappa shape index (κ3) is 3.39. The topological polar surface area (TPSA) is 116 Å². The van der Waals surface area contributed by atoms with Crippen LogP contribution in [0.1, 0.15) is 18.6 Å². The normalized spacial score (nSPS) is 13.7. The Morgan fingerprint density at radius 1 is 1.40 bits per heavy atom. The van der Waals surface area contributed by atoms with Gasteiger partial charge < -0.3 is 11.5 Å². The summed E-state index contributed by atoms with van der Waals surface area (Å²) in [6, 6.07) is 4.61. The van der Waals surface area contributed by atoms with Gasteiger partial charge in [-0.1, -0.05) is 0 Å². The summed E-state index contributed by atoms with van der Waals surface area (Å²) in [5.41, 5.74) is 12.3. The number of nitrogens with two attached hydrogens (primary N) is 2. The lowest BCUT2D eigenvalue weighted by atomic mass is 10.1. The molecule has 0 bridgehead atoms. The van der Waals surface area contributed by atoms with Gasteiger partial charge in [0.1, 0.15) is 6.10 Å². The van der Waals surface area contributed by atoms with Crippen LogP contribution >= 0.6 is 0 Å². The molecule has 1 rings (SSSR count). The minimum atomic E-state index is -4.50. The summed E-state index contributed by atoms with van der Waals surface area (Å²) in [5, 5.41) is 0. The standard InChI is InChI=1S/C8H12N2O4S/c1-5(14-15(11,12)13)7-4-6(9)2-3-8(7)10/h2-5H,9-10H2,1H3,(H,11,12,13). The largest absolute Gasteiger partial charge is 0.399 e. The van der Waals surface area contributed by atoms with E-state index in [4.69, 9.17) is 16.0 Å². The molecule has 1 atom stereocenters. The highest BCUT2D eigenvalue weighted by atomic mass is 32.3. The maximum absolute atomic E-state index is 10.5. The molecule has 0 saturated heterocycles. The number of rotatable bonds is 3. The van der Waals surface area contributed by atoms with E-state index in [0.29, 0.717) is 16.9 Å². The smallest absolute Gasteiger partial charge is 0.397 e. The fraction of sp³-hybridized carbons (Fsp3) is 0.250. The molecule has 0 aliphatic heterocycles. The third-order valence-electron chi connectivity index (χ3n) is 1.81. The Hall–Kier alpha value is -1.31. The average Bonchev–Trinajstić information content (AvgIpc) is 2.06. The van der Waals surface area contributed by atoms with Crippen molar-refractivity contribution in [2.45, 2.75) is 13.0 Å². The van der Waals surface area contributed by atoms with Gasteiger partial charge in [0.25, 0.3) is 0 Å². The first-order valence-corrected chi connectivity index (χ1v) is 5.46. The van der Waals surface area contributed by atoms with E-state index in [1.54, 1.807) is 6.07 Å². The van der Waals surface area contributed by atoms with Gasteiger partial charge in [-0.3, -0.25) is 4.55 Å². The number of hydrogen-bond donors (Lipinski definition) is 3. The Kier molecular flexibility index (Phi) is 3.18. The van der Waals surface area contributed by atoms with Gasteiger partial charge in [-0.05, 0) is 25.1 Å². The predicted molar refractivity (Wildman–Crippen MR) is 56.3 cm³/mol. The van der Waals surface area contributed by atoms with Gasteiger partial charge in [0.2, 0.25) is 0 Å². The van der Waals surface area contributed by atoms with Gasteiger partial charge in [-0.25, -0.2) is 4.18 Å². The van der Waals surface area contributed by atoms with E-state index in [-0.39, 0.29) is 0 Å². The van der Waals surface area contributed by atoms with E-state index in [0.717, 1.165) is 0 Å². The molecule has 7 heteroatoms. The minimum absolute atomic E-state index is 0.348. The van der Waals surface area contributed by atoms with Crippen molar-refractivity contribution in [1.29, 1.82) is 0 Å². The summed E-state index contributed by atoms with van der Waals surface area (Å²) in [5.74, 6) is 0. The summed E-state index contributed by atoms with van der Waals surface area (Å²) in [6.45, 7) is 1.44. The molecular formula is C8H12N2O4S. The molecule has 0 spiro atoms. The quantitative estimate of drug-likeness (QED) is 0.522. The van der Waals surface area contributed by atoms with Crippen LogP contribution in [0.15, 0.2) is 18.2 Å². The Bertz CT molecular complexity index is 458. The van der Waals surface area contributed by atoms with Gasteiger partial charge in [0, 0.05) is 16.9 Å². The SMILES string of the molecule is CC(OS(=O)(=O)O)c1cc(N)ccc1N. The highest BCUT2D eigenvalue weighted by Crippen LogP contribution is 2.26. The zero-order chi connectivity index (χ0) is 11.6. The zero-order valence-electron chi connectivity index (χ0n) is 8.04. The highest BCUT2D eigenvalue weighted by Gasteiger charge is 2.16. The van der Waals surface area contributed by atoms with Crippen LogP contribution in [0.2, 0.25) is 0 Å². The van der Waals surface area contributed by atoms with Crippen molar-refractivity contribution in [1.82, 2.24) is 0 Å². The van der Waals surface area contributed by atoms with Crippen LogP contribution in [0.25, 0.3) is 0 Å².